The lowest BCUT2D eigenvalue weighted by Gasteiger charge is -2.17. The van der Waals surface area contributed by atoms with Crippen LogP contribution >= 0.6 is 0 Å². The number of esters is 3. The van der Waals surface area contributed by atoms with Crippen LogP contribution in [0.5, 0.6) is 0 Å². The Labute approximate surface area is 411 Å². The van der Waals surface area contributed by atoms with Crippen molar-refractivity contribution in [2.75, 3.05) is 13.2 Å². The second kappa shape index (κ2) is 53.3. The minimum absolute atomic E-state index is 0.201. The van der Waals surface area contributed by atoms with Crippen molar-refractivity contribution in [3.8, 4) is 0 Å². The van der Waals surface area contributed by atoms with E-state index in [1.54, 1.807) is 12.2 Å². The molecule has 8 heteroatoms. The quantitative estimate of drug-likeness (QED) is 0.00740. The van der Waals surface area contributed by atoms with Crippen molar-refractivity contribution in [3.05, 3.63) is 84.7 Å². The van der Waals surface area contributed by atoms with E-state index in [4.69, 9.17) is 14.2 Å². The van der Waals surface area contributed by atoms with Gasteiger partial charge in [0.1, 0.15) is 13.2 Å². The minimum Gasteiger partial charge on any atom is -0.462 e. The molecule has 0 saturated heterocycles. The summed E-state index contributed by atoms with van der Waals surface area (Å²) in [5.74, 6) is -1.19. The van der Waals surface area contributed by atoms with Crippen molar-refractivity contribution < 1.29 is 38.7 Å². The maximum atomic E-state index is 12.8. The summed E-state index contributed by atoms with van der Waals surface area (Å²) in [4.78, 5) is 42.5. The van der Waals surface area contributed by atoms with Gasteiger partial charge in [-0.2, -0.15) is 0 Å². The van der Waals surface area contributed by atoms with E-state index >= 15 is 0 Å². The van der Waals surface area contributed by atoms with E-state index in [1.807, 2.05) is 6.08 Å². The van der Waals surface area contributed by atoms with Crippen LogP contribution < -0.4 is 0 Å². The highest BCUT2D eigenvalue weighted by Crippen LogP contribution is 2.14. The fourth-order valence-electron chi connectivity index (χ4n) is 7.49. The molecule has 67 heavy (non-hydrogen) atoms. The molecule has 1 unspecified atom stereocenters. The number of hydrogen-bond acceptors (Lipinski definition) is 8. The molecular formula is C59H100O8. The van der Waals surface area contributed by atoms with Gasteiger partial charge in [-0.25, -0.2) is 10.1 Å². The van der Waals surface area contributed by atoms with Gasteiger partial charge in [-0.15, -0.1) is 0 Å². The average Bonchev–Trinajstić information content (AvgIpc) is 3.33. The molecule has 384 valence electrons. The van der Waals surface area contributed by atoms with Gasteiger partial charge >= 0.3 is 17.9 Å². The minimum atomic E-state index is -0.945. The van der Waals surface area contributed by atoms with Crippen LogP contribution in [0.2, 0.25) is 0 Å². The summed E-state index contributed by atoms with van der Waals surface area (Å²) in [5, 5.41) is 9.31. The van der Waals surface area contributed by atoms with Gasteiger partial charge < -0.3 is 19.1 Å². The van der Waals surface area contributed by atoms with Crippen LogP contribution in [0.1, 0.15) is 252 Å². The second-order valence-corrected chi connectivity index (χ2v) is 18.2. The average molecular weight is 937 g/mol. The molecule has 0 aliphatic rings. The van der Waals surface area contributed by atoms with Gasteiger partial charge in [0.15, 0.2) is 11.9 Å². The largest absolute Gasteiger partial charge is 0.462 e. The fourth-order valence-corrected chi connectivity index (χ4v) is 7.49. The molecule has 0 aromatic rings. The summed E-state index contributed by atoms with van der Waals surface area (Å²) >= 11 is 0. The maximum Gasteiger partial charge on any atom is 0.331 e. The zero-order valence-electron chi connectivity index (χ0n) is 43.3. The summed E-state index contributed by atoms with van der Waals surface area (Å²) in [6.45, 7) is 6.32. The zero-order valence-corrected chi connectivity index (χ0v) is 43.3. The molecule has 1 N–H and O–H groups in total. The standard InChI is InChI=1S/C59H100O8/c1-4-7-10-13-16-19-22-25-27-29-32-35-38-41-44-50-57(60)64-53-56(54-65-58(61)51-45-42-39-36-33-30-28-26-23-20-17-14-11-8-5-2)66-59(62)52-47-46-49-55(67-63)48-43-40-37-34-31-24-21-18-15-12-9-6-3/h16,19,25-28,40,43,46-49,52,56,63H,4-15,17-18,20-24,29-39,41-42,44-45,50-51,53-54H2,1-3H3/b19-16-,27-25-,28-26-,43-40?,49-46?,52-47?,55-48?. The Bertz CT molecular complexity index is 1340. The van der Waals surface area contributed by atoms with Crippen LogP contribution in [0.3, 0.4) is 0 Å². The predicted molar refractivity (Wildman–Crippen MR) is 282 cm³/mol. The first kappa shape index (κ1) is 63.4. The van der Waals surface area contributed by atoms with Crippen molar-refractivity contribution in [2.45, 2.75) is 258 Å². The van der Waals surface area contributed by atoms with E-state index in [-0.39, 0.29) is 43.8 Å². The third-order valence-corrected chi connectivity index (χ3v) is 11.7. The van der Waals surface area contributed by atoms with Gasteiger partial charge in [-0.3, -0.25) is 9.59 Å². The first-order valence-corrected chi connectivity index (χ1v) is 27.5. The lowest BCUT2D eigenvalue weighted by atomic mass is 10.1. The lowest BCUT2D eigenvalue weighted by molar-refractivity contribution is -0.198. The molecule has 0 fully saturated rings. The van der Waals surface area contributed by atoms with E-state index in [0.717, 1.165) is 96.3 Å². The van der Waals surface area contributed by atoms with Crippen LogP contribution in [-0.2, 0) is 33.5 Å². The van der Waals surface area contributed by atoms with Crippen LogP contribution in [0, 0.1) is 0 Å². The van der Waals surface area contributed by atoms with Crippen LogP contribution in [0.4, 0.5) is 0 Å². The highest BCUT2D eigenvalue weighted by Gasteiger charge is 2.18. The van der Waals surface area contributed by atoms with E-state index < -0.39 is 12.1 Å². The molecule has 0 aliphatic heterocycles. The van der Waals surface area contributed by atoms with Crippen molar-refractivity contribution in [2.24, 2.45) is 0 Å². The van der Waals surface area contributed by atoms with Crippen molar-refractivity contribution >= 4 is 17.9 Å². The summed E-state index contributed by atoms with van der Waals surface area (Å²) in [5.41, 5.74) is 0. The SMILES string of the molecule is CCCCC/C=C\C/C=C\CCCCCCCC(=O)OCC(COC(=O)CCCCCCC/C=C\CCCCCCCC)OC(=O)C=CC=CC(=CC=CCCCCCCCCCCC)OO. The fraction of sp³-hybridized carbons (Fsp3) is 0.712. The Morgan fingerprint density at radius 1 is 0.418 bits per heavy atom. The number of ether oxygens (including phenoxy) is 3. The highest BCUT2D eigenvalue weighted by atomic mass is 17.1. The molecular weight excluding hydrogens is 837 g/mol. The molecule has 0 spiro atoms. The number of allylic oxidation sites excluding steroid dienone is 12. The van der Waals surface area contributed by atoms with E-state index in [0.29, 0.717) is 0 Å². The molecule has 0 radical (unpaired) electrons. The van der Waals surface area contributed by atoms with E-state index in [1.165, 1.54) is 140 Å². The van der Waals surface area contributed by atoms with Gasteiger partial charge in [0.25, 0.3) is 0 Å². The zero-order chi connectivity index (χ0) is 48.8. The van der Waals surface area contributed by atoms with Crippen molar-refractivity contribution in [3.63, 3.8) is 0 Å². The van der Waals surface area contributed by atoms with Crippen molar-refractivity contribution in [1.29, 1.82) is 0 Å². The van der Waals surface area contributed by atoms with Crippen LogP contribution in [-0.4, -0.2) is 42.5 Å². The van der Waals surface area contributed by atoms with Gasteiger partial charge in [-0.05, 0) is 95.6 Å². The van der Waals surface area contributed by atoms with Crippen LogP contribution in [0.25, 0.3) is 0 Å². The molecule has 1 atom stereocenters. The third-order valence-electron chi connectivity index (χ3n) is 11.7. The molecule has 0 rings (SSSR count). The van der Waals surface area contributed by atoms with Crippen LogP contribution in [0.15, 0.2) is 84.7 Å². The Morgan fingerprint density at radius 2 is 0.776 bits per heavy atom. The van der Waals surface area contributed by atoms with E-state index in [2.05, 4.69) is 68.2 Å². The molecule has 0 saturated carbocycles. The molecule has 8 nitrogen and oxygen atoms in total. The monoisotopic (exact) mass is 937 g/mol. The normalized spacial score (nSPS) is 12.8. The third kappa shape index (κ3) is 50.1. The Hall–Kier alpha value is -3.65. The summed E-state index contributed by atoms with van der Waals surface area (Å²) in [6, 6.07) is 0. The molecule has 0 aromatic carbocycles. The first-order chi connectivity index (χ1) is 33.0. The number of unbranched alkanes of at least 4 members (excludes halogenated alkanes) is 28. The van der Waals surface area contributed by atoms with Gasteiger partial charge in [0.05, 0.1) is 0 Å². The number of carbonyl (C=O) groups excluding carboxylic acids is 3. The highest BCUT2D eigenvalue weighted by molar-refractivity contribution is 5.82. The lowest BCUT2D eigenvalue weighted by Crippen LogP contribution is -2.30. The summed E-state index contributed by atoms with van der Waals surface area (Å²) in [6.07, 6.45) is 64.5. The predicted octanol–water partition coefficient (Wildman–Crippen LogP) is 17.8. The number of carbonyl (C=O) groups is 3. The summed E-state index contributed by atoms with van der Waals surface area (Å²) < 4.78 is 16.5. The summed E-state index contributed by atoms with van der Waals surface area (Å²) in [7, 11) is 0. The van der Waals surface area contributed by atoms with Gasteiger partial charge in [-0.1, -0.05) is 216 Å². The molecule has 0 aliphatic carbocycles. The smallest absolute Gasteiger partial charge is 0.331 e. The van der Waals surface area contributed by atoms with E-state index in [9.17, 15) is 19.6 Å². The van der Waals surface area contributed by atoms with Gasteiger partial charge in [0.2, 0.25) is 0 Å². The topological polar surface area (TPSA) is 108 Å². The Kier molecular flexibility index (Phi) is 50.4. The number of hydrogen-bond donors (Lipinski definition) is 1. The Morgan fingerprint density at radius 3 is 1.22 bits per heavy atom. The molecule has 0 amide bonds. The molecule has 0 bridgehead atoms. The molecule has 0 heterocycles. The van der Waals surface area contributed by atoms with Gasteiger partial charge in [0, 0.05) is 18.9 Å². The number of rotatable bonds is 49. The Balaban J connectivity index is 4.76. The maximum absolute atomic E-state index is 12.8. The first-order valence-electron chi connectivity index (χ1n) is 27.5. The molecule has 0 aromatic heterocycles. The second-order valence-electron chi connectivity index (χ2n) is 18.2. The van der Waals surface area contributed by atoms with Crippen molar-refractivity contribution in [1.82, 2.24) is 0 Å².